The lowest BCUT2D eigenvalue weighted by Gasteiger charge is -2.11. The Bertz CT molecular complexity index is 403. The van der Waals surface area contributed by atoms with Gasteiger partial charge in [-0.05, 0) is 12.5 Å². The fraction of sp³-hybridized carbons (Fsp3) is 0.667. The van der Waals surface area contributed by atoms with Gasteiger partial charge in [-0.1, -0.05) is 25.4 Å². The van der Waals surface area contributed by atoms with E-state index in [0.29, 0.717) is 49.9 Å². The zero-order chi connectivity index (χ0) is 15.5. The second-order valence-electron chi connectivity index (χ2n) is 4.92. The number of nitrogens with zero attached hydrogens (tertiary/aromatic N) is 1. The summed E-state index contributed by atoms with van der Waals surface area (Å²) < 4.78 is 15.9. The van der Waals surface area contributed by atoms with Crippen molar-refractivity contribution in [2.24, 2.45) is 0 Å². The molecule has 0 aromatic carbocycles. The maximum Gasteiger partial charge on any atom is 0.213 e. The van der Waals surface area contributed by atoms with Gasteiger partial charge in [-0.3, -0.25) is 0 Å². The van der Waals surface area contributed by atoms with Crippen LogP contribution >= 0.6 is 11.6 Å². The van der Waals surface area contributed by atoms with Crippen molar-refractivity contribution in [3.8, 4) is 5.88 Å². The van der Waals surface area contributed by atoms with Crippen molar-refractivity contribution in [1.82, 2.24) is 10.3 Å². The standard InChI is InChI=1S/C15H25ClN2O3/c1-12(2)17-11-14-13(16)5-6-15(18-14)21-10-9-20-8-4-7-19-3/h5-6,12,17H,4,7-11H2,1-3H3. The smallest absolute Gasteiger partial charge is 0.213 e. The molecule has 0 bridgehead atoms. The van der Waals surface area contributed by atoms with Gasteiger partial charge in [0.25, 0.3) is 0 Å². The fourth-order valence-electron chi connectivity index (χ4n) is 1.58. The highest BCUT2D eigenvalue weighted by Gasteiger charge is 2.05. The quantitative estimate of drug-likeness (QED) is 0.636. The van der Waals surface area contributed by atoms with Gasteiger partial charge in [0, 0.05) is 39.0 Å². The highest BCUT2D eigenvalue weighted by atomic mass is 35.5. The van der Waals surface area contributed by atoms with Gasteiger partial charge in [-0.2, -0.15) is 0 Å². The van der Waals surface area contributed by atoms with E-state index in [9.17, 15) is 0 Å². The Hall–Kier alpha value is -0.880. The molecule has 0 aliphatic rings. The Kier molecular flexibility index (Phi) is 9.34. The minimum absolute atomic E-state index is 0.382. The highest BCUT2D eigenvalue weighted by molar-refractivity contribution is 6.31. The average Bonchev–Trinajstić information content (AvgIpc) is 2.46. The van der Waals surface area contributed by atoms with Crippen LogP contribution in [0.25, 0.3) is 0 Å². The van der Waals surface area contributed by atoms with Crippen molar-refractivity contribution in [2.75, 3.05) is 33.5 Å². The monoisotopic (exact) mass is 316 g/mol. The highest BCUT2D eigenvalue weighted by Crippen LogP contribution is 2.18. The maximum atomic E-state index is 6.12. The molecule has 0 fully saturated rings. The van der Waals surface area contributed by atoms with Crippen LogP contribution in [-0.2, 0) is 16.0 Å². The van der Waals surface area contributed by atoms with Crippen molar-refractivity contribution < 1.29 is 14.2 Å². The van der Waals surface area contributed by atoms with E-state index >= 15 is 0 Å². The molecule has 0 aliphatic carbocycles. The molecule has 0 spiro atoms. The summed E-state index contributed by atoms with van der Waals surface area (Å²) in [6, 6.07) is 3.96. The summed E-state index contributed by atoms with van der Waals surface area (Å²) in [5.74, 6) is 0.570. The predicted octanol–water partition coefficient (Wildman–Crippen LogP) is 2.66. The Labute approximate surface area is 131 Å². The molecule has 1 rings (SSSR count). The summed E-state index contributed by atoms with van der Waals surface area (Å²) in [5, 5.41) is 3.93. The first kappa shape index (κ1) is 18.2. The van der Waals surface area contributed by atoms with Gasteiger partial charge < -0.3 is 19.5 Å². The van der Waals surface area contributed by atoms with Crippen LogP contribution in [0, 0.1) is 0 Å². The molecule has 1 aromatic heterocycles. The topological polar surface area (TPSA) is 52.6 Å². The molecular formula is C15H25ClN2O3. The van der Waals surface area contributed by atoms with Gasteiger partial charge in [-0.25, -0.2) is 4.98 Å². The van der Waals surface area contributed by atoms with Crippen LogP contribution in [0.1, 0.15) is 26.0 Å². The van der Waals surface area contributed by atoms with Crippen molar-refractivity contribution >= 4 is 11.6 Å². The van der Waals surface area contributed by atoms with E-state index in [1.807, 2.05) is 0 Å². The van der Waals surface area contributed by atoms with Gasteiger partial charge in [0.1, 0.15) is 6.61 Å². The SMILES string of the molecule is COCCCOCCOc1ccc(Cl)c(CNC(C)C)n1. The van der Waals surface area contributed by atoms with Crippen LogP contribution < -0.4 is 10.1 Å². The molecule has 5 nitrogen and oxygen atoms in total. The first-order valence-corrected chi connectivity index (χ1v) is 7.59. The Morgan fingerprint density at radius 1 is 1.19 bits per heavy atom. The normalized spacial score (nSPS) is 11.1. The summed E-state index contributed by atoms with van der Waals surface area (Å²) in [7, 11) is 1.68. The van der Waals surface area contributed by atoms with Gasteiger partial charge in [0.15, 0.2) is 0 Å². The second kappa shape index (κ2) is 10.8. The molecule has 0 unspecified atom stereocenters. The third-order valence-electron chi connectivity index (χ3n) is 2.69. The average molecular weight is 317 g/mol. The van der Waals surface area contributed by atoms with E-state index in [2.05, 4.69) is 24.1 Å². The van der Waals surface area contributed by atoms with Crippen LogP contribution in [0.4, 0.5) is 0 Å². The van der Waals surface area contributed by atoms with Crippen LogP contribution in [0.3, 0.4) is 0 Å². The van der Waals surface area contributed by atoms with Crippen LogP contribution in [0.15, 0.2) is 12.1 Å². The van der Waals surface area contributed by atoms with E-state index in [4.69, 9.17) is 25.8 Å². The van der Waals surface area contributed by atoms with Crippen LogP contribution in [0.5, 0.6) is 5.88 Å². The number of pyridine rings is 1. The summed E-state index contributed by atoms with van der Waals surface area (Å²) >= 11 is 6.12. The van der Waals surface area contributed by atoms with Crippen LogP contribution in [-0.4, -0.2) is 44.6 Å². The molecule has 6 heteroatoms. The van der Waals surface area contributed by atoms with Crippen molar-refractivity contribution in [3.63, 3.8) is 0 Å². The Balaban J connectivity index is 2.30. The van der Waals surface area contributed by atoms with E-state index in [1.54, 1.807) is 19.2 Å². The zero-order valence-corrected chi connectivity index (χ0v) is 13.8. The van der Waals surface area contributed by atoms with E-state index < -0.39 is 0 Å². The second-order valence-corrected chi connectivity index (χ2v) is 5.33. The molecule has 1 aromatic rings. The van der Waals surface area contributed by atoms with Gasteiger partial charge in [-0.15, -0.1) is 0 Å². The summed E-state index contributed by atoms with van der Waals surface area (Å²) in [6.07, 6.45) is 0.890. The summed E-state index contributed by atoms with van der Waals surface area (Å²) in [6.45, 7) is 7.18. The molecule has 120 valence electrons. The molecule has 0 saturated carbocycles. The molecule has 0 aliphatic heterocycles. The number of rotatable bonds is 11. The maximum absolute atomic E-state index is 6.12. The molecule has 1 heterocycles. The number of halogens is 1. The summed E-state index contributed by atoms with van der Waals surface area (Å²) in [5.41, 5.74) is 0.795. The lowest BCUT2D eigenvalue weighted by atomic mass is 10.3. The molecule has 0 saturated heterocycles. The zero-order valence-electron chi connectivity index (χ0n) is 13.0. The molecule has 0 radical (unpaired) electrons. The minimum Gasteiger partial charge on any atom is -0.475 e. The number of nitrogens with one attached hydrogen (secondary N) is 1. The third-order valence-corrected chi connectivity index (χ3v) is 3.03. The first-order chi connectivity index (χ1) is 10.1. The van der Waals surface area contributed by atoms with E-state index in [1.165, 1.54) is 0 Å². The molecule has 0 amide bonds. The fourth-order valence-corrected chi connectivity index (χ4v) is 1.75. The molecule has 1 N–H and O–H groups in total. The van der Waals surface area contributed by atoms with Crippen LogP contribution in [0.2, 0.25) is 5.02 Å². The summed E-state index contributed by atoms with van der Waals surface area (Å²) in [4.78, 5) is 4.40. The number of methoxy groups -OCH3 is 1. The third kappa shape index (κ3) is 8.21. The van der Waals surface area contributed by atoms with Crippen molar-refractivity contribution in [2.45, 2.75) is 32.9 Å². The predicted molar refractivity (Wildman–Crippen MR) is 84.0 cm³/mol. The number of hydrogen-bond donors (Lipinski definition) is 1. The number of hydrogen-bond acceptors (Lipinski definition) is 5. The minimum atomic E-state index is 0.382. The molecular weight excluding hydrogens is 292 g/mol. The molecule has 0 atom stereocenters. The van der Waals surface area contributed by atoms with E-state index in [0.717, 1.165) is 12.1 Å². The molecule has 21 heavy (non-hydrogen) atoms. The Morgan fingerprint density at radius 3 is 2.71 bits per heavy atom. The van der Waals surface area contributed by atoms with Gasteiger partial charge in [0.2, 0.25) is 5.88 Å². The lowest BCUT2D eigenvalue weighted by molar-refractivity contribution is 0.0795. The number of aromatic nitrogens is 1. The first-order valence-electron chi connectivity index (χ1n) is 7.21. The number of ether oxygens (including phenoxy) is 3. The van der Waals surface area contributed by atoms with Gasteiger partial charge in [0.05, 0.1) is 17.3 Å². The van der Waals surface area contributed by atoms with Crippen molar-refractivity contribution in [3.05, 3.63) is 22.8 Å². The van der Waals surface area contributed by atoms with Gasteiger partial charge >= 0.3 is 0 Å². The lowest BCUT2D eigenvalue weighted by Crippen LogP contribution is -2.22. The van der Waals surface area contributed by atoms with Crippen molar-refractivity contribution in [1.29, 1.82) is 0 Å². The largest absolute Gasteiger partial charge is 0.475 e. The van der Waals surface area contributed by atoms with E-state index in [-0.39, 0.29) is 0 Å². The Morgan fingerprint density at radius 2 is 2.00 bits per heavy atom.